The van der Waals surface area contributed by atoms with Crippen LogP contribution in [0.25, 0.3) is 0 Å². The minimum absolute atomic E-state index is 0.0507. The first-order chi connectivity index (χ1) is 15.4. The van der Waals surface area contributed by atoms with E-state index in [2.05, 4.69) is 23.0 Å². The maximum atomic E-state index is 13.1. The fourth-order valence-corrected chi connectivity index (χ4v) is 4.88. The number of hydrogen-bond acceptors (Lipinski definition) is 4. The van der Waals surface area contributed by atoms with Crippen molar-refractivity contribution in [3.8, 4) is 0 Å². The Balaban J connectivity index is 1.48. The summed E-state index contributed by atoms with van der Waals surface area (Å²) in [5, 5.41) is 5.12. The zero-order chi connectivity index (χ0) is 22.7. The van der Waals surface area contributed by atoms with Crippen LogP contribution in [0.15, 0.2) is 53.3 Å². The van der Waals surface area contributed by atoms with Crippen molar-refractivity contribution in [1.29, 1.82) is 0 Å². The summed E-state index contributed by atoms with van der Waals surface area (Å²) in [6.45, 7) is 5.04. The molecule has 0 saturated carbocycles. The normalized spacial score (nSPS) is 16.2. The lowest BCUT2D eigenvalue weighted by Gasteiger charge is -2.40. The van der Waals surface area contributed by atoms with Gasteiger partial charge in [0.1, 0.15) is 0 Å². The van der Waals surface area contributed by atoms with Gasteiger partial charge in [0.05, 0.1) is 12.5 Å². The minimum atomic E-state index is -0.0829. The van der Waals surface area contributed by atoms with Crippen molar-refractivity contribution in [2.45, 2.75) is 38.8 Å². The monoisotopic (exact) mass is 454 g/mol. The van der Waals surface area contributed by atoms with E-state index in [0.717, 1.165) is 49.5 Å². The molecule has 6 nitrogen and oxygen atoms in total. The summed E-state index contributed by atoms with van der Waals surface area (Å²) in [4.78, 5) is 17.4. The van der Waals surface area contributed by atoms with Gasteiger partial charge in [-0.2, -0.15) is 5.10 Å². The second-order valence-corrected chi connectivity index (χ2v) is 9.16. The Morgan fingerprint density at radius 2 is 1.97 bits per heavy atom. The highest BCUT2D eigenvalue weighted by Crippen LogP contribution is 2.30. The maximum absolute atomic E-state index is 13.1. The van der Waals surface area contributed by atoms with E-state index in [9.17, 15) is 4.79 Å². The number of amides is 1. The first-order valence-corrected chi connectivity index (χ1v) is 11.6. The van der Waals surface area contributed by atoms with Gasteiger partial charge in [-0.3, -0.25) is 14.4 Å². The number of carbonyl (C=O) groups excluding carboxylic acids is 1. The van der Waals surface area contributed by atoms with Gasteiger partial charge in [0.2, 0.25) is 0 Å². The molecule has 1 aromatic carbocycles. The van der Waals surface area contributed by atoms with Gasteiger partial charge in [-0.1, -0.05) is 29.8 Å². The molecule has 1 fully saturated rings. The van der Waals surface area contributed by atoms with Crippen LogP contribution in [0.5, 0.6) is 0 Å². The third-order valence-corrected chi connectivity index (χ3v) is 7.21. The molecule has 1 aliphatic rings. The number of benzene rings is 1. The Hall–Kier alpha value is -2.57. The van der Waals surface area contributed by atoms with E-state index in [1.807, 2.05) is 48.1 Å². The molecule has 1 saturated heterocycles. The molecule has 1 aliphatic heterocycles. The number of aromatic nitrogens is 2. The molecule has 32 heavy (non-hydrogen) atoms. The molecule has 0 N–H and O–H groups in total. The molecule has 4 rings (SSSR count). The van der Waals surface area contributed by atoms with Crippen LogP contribution in [-0.4, -0.2) is 51.7 Å². The highest BCUT2D eigenvalue weighted by molar-refractivity contribution is 6.31. The molecule has 0 unspecified atom stereocenters. The molecule has 1 amide bonds. The van der Waals surface area contributed by atoms with Crippen LogP contribution in [-0.2, 0) is 20.0 Å². The van der Waals surface area contributed by atoms with Crippen molar-refractivity contribution in [3.63, 3.8) is 0 Å². The average molecular weight is 455 g/mol. The fourth-order valence-electron chi connectivity index (χ4n) is 4.67. The number of nitrogens with zero attached hydrogens (tertiary/aromatic N) is 4. The molecule has 0 spiro atoms. The molecular formula is C25H31ClN4O2. The molecular weight excluding hydrogens is 424 g/mol. The number of likely N-dealkylation sites (N-methyl/N-ethyl adjacent to an activating group) is 1. The largest absolute Gasteiger partial charge is 0.459 e. The van der Waals surface area contributed by atoms with Crippen LogP contribution >= 0.6 is 11.6 Å². The van der Waals surface area contributed by atoms with E-state index >= 15 is 0 Å². The van der Waals surface area contributed by atoms with Crippen molar-refractivity contribution in [2.75, 3.05) is 20.1 Å². The van der Waals surface area contributed by atoms with Gasteiger partial charge >= 0.3 is 0 Å². The molecule has 0 aliphatic carbocycles. The molecule has 1 atom stereocenters. The van der Waals surface area contributed by atoms with Gasteiger partial charge in [-0.25, -0.2) is 0 Å². The minimum Gasteiger partial charge on any atom is -0.459 e. The molecule has 170 valence electrons. The van der Waals surface area contributed by atoms with Crippen LogP contribution in [0.2, 0.25) is 5.02 Å². The number of halogens is 1. The van der Waals surface area contributed by atoms with Crippen LogP contribution in [0.1, 0.15) is 40.2 Å². The highest BCUT2D eigenvalue weighted by atomic mass is 35.5. The zero-order valence-corrected chi connectivity index (χ0v) is 19.8. The van der Waals surface area contributed by atoms with Crippen LogP contribution < -0.4 is 0 Å². The Labute approximate surface area is 194 Å². The van der Waals surface area contributed by atoms with Gasteiger partial charge in [0.25, 0.3) is 5.91 Å². The molecule has 7 heteroatoms. The molecule has 2 aromatic heterocycles. The van der Waals surface area contributed by atoms with Gasteiger partial charge < -0.3 is 9.32 Å². The summed E-state index contributed by atoms with van der Waals surface area (Å²) in [6.07, 6.45) is 6.31. The predicted molar refractivity (Wildman–Crippen MR) is 126 cm³/mol. The van der Waals surface area contributed by atoms with E-state index in [4.69, 9.17) is 16.0 Å². The second kappa shape index (κ2) is 9.92. The van der Waals surface area contributed by atoms with Gasteiger partial charge in [-0.15, -0.1) is 0 Å². The van der Waals surface area contributed by atoms with E-state index < -0.39 is 0 Å². The SMILES string of the molecule is Cc1c(CN2CCC([C@H](Cc3ccccc3Cl)N(C)C(=O)c3ccco3)CC2)cnn1C. The summed E-state index contributed by atoms with van der Waals surface area (Å²) in [7, 11) is 3.87. The molecule has 0 bridgehead atoms. The number of aryl methyl sites for hydroxylation is 1. The van der Waals surface area contributed by atoms with Crippen molar-refractivity contribution < 1.29 is 9.21 Å². The van der Waals surface area contributed by atoms with Gasteiger partial charge in [-0.05, 0) is 69.0 Å². The number of carbonyl (C=O) groups is 1. The van der Waals surface area contributed by atoms with Gasteiger partial charge in [0, 0.05) is 43.0 Å². The van der Waals surface area contributed by atoms with Crippen molar-refractivity contribution >= 4 is 17.5 Å². The Kier molecular flexibility index (Phi) is 7.01. The Bertz CT molecular complexity index is 1040. The third kappa shape index (κ3) is 4.92. The number of piperidine rings is 1. The van der Waals surface area contributed by atoms with E-state index in [1.54, 1.807) is 18.4 Å². The lowest BCUT2D eigenvalue weighted by Crippen LogP contribution is -2.47. The summed E-state index contributed by atoms with van der Waals surface area (Å²) in [6, 6.07) is 11.5. The summed E-state index contributed by atoms with van der Waals surface area (Å²) < 4.78 is 7.32. The summed E-state index contributed by atoms with van der Waals surface area (Å²) in [5.41, 5.74) is 3.57. The second-order valence-electron chi connectivity index (χ2n) is 8.75. The van der Waals surface area contributed by atoms with E-state index in [0.29, 0.717) is 11.7 Å². The van der Waals surface area contributed by atoms with Crippen molar-refractivity contribution in [3.05, 3.63) is 76.5 Å². The quantitative estimate of drug-likeness (QED) is 0.524. The lowest BCUT2D eigenvalue weighted by molar-refractivity contribution is 0.0556. The van der Waals surface area contributed by atoms with Crippen LogP contribution in [0.3, 0.4) is 0 Å². The van der Waals surface area contributed by atoms with Crippen molar-refractivity contribution in [1.82, 2.24) is 19.6 Å². The molecule has 3 heterocycles. The third-order valence-electron chi connectivity index (χ3n) is 6.84. The van der Waals surface area contributed by atoms with Crippen LogP contribution in [0, 0.1) is 12.8 Å². The fraction of sp³-hybridized carbons (Fsp3) is 0.440. The smallest absolute Gasteiger partial charge is 0.289 e. The first kappa shape index (κ1) is 22.6. The average Bonchev–Trinajstić information content (AvgIpc) is 3.45. The Morgan fingerprint density at radius 3 is 2.59 bits per heavy atom. The first-order valence-electron chi connectivity index (χ1n) is 11.2. The number of hydrogen-bond donors (Lipinski definition) is 0. The molecule has 3 aromatic rings. The topological polar surface area (TPSA) is 54.5 Å². The lowest BCUT2D eigenvalue weighted by atomic mass is 9.84. The number of furan rings is 1. The number of likely N-dealkylation sites (tertiary alicyclic amines) is 1. The zero-order valence-electron chi connectivity index (χ0n) is 19.0. The highest BCUT2D eigenvalue weighted by Gasteiger charge is 2.33. The predicted octanol–water partition coefficient (Wildman–Crippen LogP) is 4.57. The van der Waals surface area contributed by atoms with Crippen molar-refractivity contribution in [2.24, 2.45) is 13.0 Å². The standard InChI is InChI=1S/C25H31ClN4O2/c1-18-21(16-27-29(18)3)17-30-12-10-19(11-13-30)23(15-20-7-4-5-8-22(20)26)28(2)25(31)24-9-6-14-32-24/h4-9,14,16,19,23H,10-13,15,17H2,1-3H3/t23-/m0/s1. The molecule has 0 radical (unpaired) electrons. The maximum Gasteiger partial charge on any atom is 0.289 e. The number of rotatable bonds is 7. The van der Waals surface area contributed by atoms with E-state index in [-0.39, 0.29) is 11.9 Å². The van der Waals surface area contributed by atoms with Gasteiger partial charge in [0.15, 0.2) is 5.76 Å². The summed E-state index contributed by atoms with van der Waals surface area (Å²) in [5.74, 6) is 0.683. The summed E-state index contributed by atoms with van der Waals surface area (Å²) >= 11 is 6.48. The Morgan fingerprint density at radius 1 is 1.22 bits per heavy atom. The van der Waals surface area contributed by atoms with Crippen LogP contribution in [0.4, 0.5) is 0 Å². The van der Waals surface area contributed by atoms with E-state index in [1.165, 1.54) is 11.3 Å².